The Labute approximate surface area is 177 Å². The van der Waals surface area contributed by atoms with E-state index in [-0.39, 0.29) is 36.1 Å². The minimum Gasteiger partial charge on any atom is -0.494 e. The van der Waals surface area contributed by atoms with Gasteiger partial charge in [-0.3, -0.25) is 10.2 Å². The van der Waals surface area contributed by atoms with Crippen molar-refractivity contribution in [1.29, 1.82) is 0 Å². The zero-order chi connectivity index (χ0) is 20.7. The molecule has 1 aromatic carbocycles. The molecule has 4 heterocycles. The third-order valence-corrected chi connectivity index (χ3v) is 6.77. The van der Waals surface area contributed by atoms with E-state index in [4.69, 9.17) is 9.47 Å². The second kappa shape index (κ2) is 8.08. The molecule has 9 nitrogen and oxygen atoms in total. The van der Waals surface area contributed by atoms with Gasteiger partial charge in [0.25, 0.3) is 0 Å². The average molecular weight is 434 g/mol. The number of nitrogens with zero attached hydrogens (tertiary/aromatic N) is 3. The third kappa shape index (κ3) is 3.42. The zero-order valence-electron chi connectivity index (χ0n) is 16.4. The first kappa shape index (κ1) is 19.6. The number of ether oxygens (including phenoxy) is 2. The quantitative estimate of drug-likeness (QED) is 0.656. The number of fused-ring (bicyclic) bond motifs is 1. The largest absolute Gasteiger partial charge is 0.494 e. The molecule has 5 rings (SSSR count). The van der Waals surface area contributed by atoms with Gasteiger partial charge in [-0.2, -0.15) is 0 Å². The van der Waals surface area contributed by atoms with Crippen molar-refractivity contribution in [2.75, 3.05) is 43.3 Å². The maximum Gasteiger partial charge on any atom is 0.243 e. The Morgan fingerprint density at radius 1 is 1.30 bits per heavy atom. The summed E-state index contributed by atoms with van der Waals surface area (Å²) in [6.45, 7) is 3.05. The maximum absolute atomic E-state index is 14.6. The van der Waals surface area contributed by atoms with Crippen molar-refractivity contribution in [1.82, 2.24) is 21.3 Å². The summed E-state index contributed by atoms with van der Waals surface area (Å²) in [5, 5.41) is 2.24. The highest BCUT2D eigenvalue weighted by Gasteiger charge is 2.45. The van der Waals surface area contributed by atoms with Crippen molar-refractivity contribution < 1.29 is 18.7 Å². The van der Waals surface area contributed by atoms with E-state index >= 15 is 0 Å². The number of hydrogen-bond donors (Lipinski definition) is 3. The molecule has 0 radical (unpaired) electrons. The number of benzene rings is 1. The lowest BCUT2D eigenvalue weighted by atomic mass is 9.97. The van der Waals surface area contributed by atoms with Gasteiger partial charge in [0, 0.05) is 36.6 Å². The number of para-hydroxylation sites is 1. The molecule has 3 fully saturated rings. The Morgan fingerprint density at radius 3 is 2.93 bits per heavy atom. The van der Waals surface area contributed by atoms with E-state index in [2.05, 4.69) is 26.2 Å². The molecule has 0 bridgehead atoms. The van der Waals surface area contributed by atoms with Crippen LogP contribution in [0.1, 0.15) is 17.3 Å². The predicted octanol–water partition coefficient (Wildman–Crippen LogP) is 0.955. The second-order valence-electron chi connectivity index (χ2n) is 7.40. The highest BCUT2D eigenvalue weighted by molar-refractivity contribution is 7.15. The smallest absolute Gasteiger partial charge is 0.243 e. The molecule has 1 aromatic heterocycles. The minimum atomic E-state index is -0.517. The molecule has 3 unspecified atom stereocenters. The van der Waals surface area contributed by atoms with Gasteiger partial charge in [0.15, 0.2) is 10.9 Å². The van der Waals surface area contributed by atoms with Crippen LogP contribution in [-0.2, 0) is 9.53 Å². The van der Waals surface area contributed by atoms with Crippen LogP contribution in [0.4, 0.5) is 15.2 Å². The molecule has 3 aliphatic heterocycles. The molecule has 3 N–H and O–H groups in total. The lowest BCUT2D eigenvalue weighted by Crippen LogP contribution is -2.60. The maximum atomic E-state index is 14.6. The van der Waals surface area contributed by atoms with Crippen LogP contribution in [0.5, 0.6) is 5.75 Å². The highest BCUT2D eigenvalue weighted by Crippen LogP contribution is 2.37. The van der Waals surface area contributed by atoms with E-state index in [1.54, 1.807) is 23.5 Å². The molecule has 3 aliphatic rings. The molecule has 0 aliphatic carbocycles. The number of aromatic nitrogens is 1. The van der Waals surface area contributed by atoms with Crippen molar-refractivity contribution in [3.8, 4) is 5.75 Å². The van der Waals surface area contributed by atoms with Crippen molar-refractivity contribution in [2.45, 2.75) is 24.5 Å². The molecule has 0 spiro atoms. The van der Waals surface area contributed by atoms with E-state index in [9.17, 15) is 9.18 Å². The topological polar surface area (TPSA) is 91.0 Å². The van der Waals surface area contributed by atoms with Crippen LogP contribution < -0.4 is 30.9 Å². The average Bonchev–Trinajstić information content (AvgIpc) is 3.40. The van der Waals surface area contributed by atoms with Gasteiger partial charge >= 0.3 is 0 Å². The number of hydrogen-bond acceptors (Lipinski definition) is 9. The number of thiazole rings is 1. The number of nitrogens with one attached hydrogen (secondary N) is 3. The standard InChI is InChI=1S/C19H23FN6O3S/c1-28-13-4-2-3-11(20)18(13)26-15(27)9-12-16(24-26)17(23-22-12)14-10-21-19(30-14)25-5-7-29-8-6-25/h2-4,10,12,16-17,22-24H,5-9H2,1H3. The van der Waals surface area contributed by atoms with Gasteiger partial charge in [-0.25, -0.2) is 25.2 Å². The van der Waals surface area contributed by atoms with Gasteiger partial charge < -0.3 is 14.4 Å². The summed E-state index contributed by atoms with van der Waals surface area (Å²) >= 11 is 1.62. The summed E-state index contributed by atoms with van der Waals surface area (Å²) in [6.07, 6.45) is 2.09. The van der Waals surface area contributed by atoms with Gasteiger partial charge in [0.1, 0.15) is 11.4 Å². The first-order chi connectivity index (χ1) is 14.7. The van der Waals surface area contributed by atoms with Crippen LogP contribution in [0, 0.1) is 5.82 Å². The van der Waals surface area contributed by atoms with Crippen molar-refractivity contribution in [2.24, 2.45) is 0 Å². The predicted molar refractivity (Wildman–Crippen MR) is 110 cm³/mol. The van der Waals surface area contributed by atoms with E-state index < -0.39 is 5.82 Å². The Balaban J connectivity index is 1.39. The first-order valence-corrected chi connectivity index (χ1v) is 10.7. The van der Waals surface area contributed by atoms with Crippen molar-refractivity contribution >= 4 is 28.1 Å². The summed E-state index contributed by atoms with van der Waals surface area (Å²) in [6, 6.07) is 4.12. The number of carbonyl (C=O) groups is 1. The molecule has 3 atom stereocenters. The van der Waals surface area contributed by atoms with E-state index in [1.807, 2.05) is 6.20 Å². The minimum absolute atomic E-state index is 0.104. The summed E-state index contributed by atoms with van der Waals surface area (Å²) in [4.78, 5) is 20.6. The van der Waals surface area contributed by atoms with E-state index in [1.165, 1.54) is 18.2 Å². The third-order valence-electron chi connectivity index (χ3n) is 5.63. The fourth-order valence-corrected chi connectivity index (χ4v) is 5.15. The molecule has 1 amide bonds. The fraction of sp³-hybridized carbons (Fsp3) is 0.474. The SMILES string of the molecule is COc1cccc(F)c1N1NC2C(CC1=O)NNC2c1cnc(N2CCOCC2)s1. The number of morpholine rings is 1. The van der Waals surface area contributed by atoms with Crippen LogP contribution in [0.2, 0.25) is 0 Å². The molecule has 11 heteroatoms. The Morgan fingerprint density at radius 2 is 2.13 bits per heavy atom. The second-order valence-corrected chi connectivity index (χ2v) is 8.44. The van der Waals surface area contributed by atoms with Gasteiger partial charge in [0.2, 0.25) is 5.91 Å². The first-order valence-electron chi connectivity index (χ1n) is 9.87. The molecule has 160 valence electrons. The number of anilines is 2. The Hall–Kier alpha value is -2.31. The molecule has 3 saturated heterocycles. The molecule has 0 saturated carbocycles. The molecular weight excluding hydrogens is 411 g/mol. The number of carbonyl (C=O) groups excluding carboxylic acids is 1. The van der Waals surface area contributed by atoms with Crippen molar-refractivity contribution in [3.05, 3.63) is 35.1 Å². The van der Waals surface area contributed by atoms with Gasteiger partial charge in [-0.05, 0) is 12.1 Å². The van der Waals surface area contributed by atoms with Gasteiger partial charge in [0.05, 0.1) is 32.4 Å². The normalized spacial score (nSPS) is 26.7. The van der Waals surface area contributed by atoms with Crippen LogP contribution in [-0.4, -0.2) is 56.4 Å². The molecule has 30 heavy (non-hydrogen) atoms. The number of methoxy groups -OCH3 is 1. The van der Waals surface area contributed by atoms with Crippen LogP contribution in [0.25, 0.3) is 0 Å². The number of amides is 1. The Kier molecular flexibility index (Phi) is 5.29. The summed E-state index contributed by atoms with van der Waals surface area (Å²) in [5.74, 6) is -0.443. The molecule has 2 aromatic rings. The summed E-state index contributed by atoms with van der Waals surface area (Å²) < 4.78 is 25.3. The monoisotopic (exact) mass is 434 g/mol. The summed E-state index contributed by atoms with van der Waals surface area (Å²) in [7, 11) is 1.46. The van der Waals surface area contributed by atoms with Gasteiger partial charge in [-0.1, -0.05) is 6.07 Å². The number of halogens is 1. The van der Waals surface area contributed by atoms with Crippen molar-refractivity contribution in [3.63, 3.8) is 0 Å². The molecular formula is C19H23FN6O3S. The van der Waals surface area contributed by atoms with Crippen LogP contribution in [0.15, 0.2) is 24.4 Å². The Bertz CT molecular complexity index is 937. The van der Waals surface area contributed by atoms with E-state index in [0.717, 1.165) is 23.1 Å². The number of rotatable bonds is 4. The summed E-state index contributed by atoms with van der Waals surface area (Å²) in [5.41, 5.74) is 9.80. The highest BCUT2D eigenvalue weighted by atomic mass is 32.1. The lowest BCUT2D eigenvalue weighted by molar-refractivity contribution is -0.121. The van der Waals surface area contributed by atoms with Crippen LogP contribution in [0.3, 0.4) is 0 Å². The zero-order valence-corrected chi connectivity index (χ0v) is 17.2. The fourth-order valence-electron chi connectivity index (χ4n) is 4.09. The van der Waals surface area contributed by atoms with Gasteiger partial charge in [-0.15, -0.1) is 11.3 Å². The lowest BCUT2D eigenvalue weighted by Gasteiger charge is -2.37. The number of hydrazine groups is 2. The van der Waals surface area contributed by atoms with Crippen LogP contribution >= 0.6 is 11.3 Å². The van der Waals surface area contributed by atoms with E-state index in [0.29, 0.717) is 19.0 Å².